The molecular formula is C68H80EuN16O16+3. The number of amides is 8. The van der Waals surface area contributed by atoms with Crippen molar-refractivity contribution in [3.63, 3.8) is 0 Å². The smallest absolute Gasteiger partial charge is 0.480 e. The number of aliphatic carboxylic acids is 4. The summed E-state index contributed by atoms with van der Waals surface area (Å²) in [6.07, 6.45) is 6.34. The van der Waals surface area contributed by atoms with Crippen LogP contribution in [0.1, 0.15) is 22.3 Å². The van der Waals surface area contributed by atoms with E-state index < -0.39 is 121 Å². The van der Waals surface area contributed by atoms with Crippen molar-refractivity contribution in [1.82, 2.24) is 82.1 Å². The van der Waals surface area contributed by atoms with E-state index in [-0.39, 0.29) is 154 Å². The average molecular weight is 1530 g/mol. The minimum absolute atomic E-state index is 0. The van der Waals surface area contributed by atoms with Crippen LogP contribution in [0.5, 0.6) is 0 Å². The standard InChI is InChI=1S/C68H80N16O16.Eu/c85-57(77-53(65(93)94)25-41-29-69-49-13-5-1-9-45(41)49)33-73-61(89)37-81-17-19-82(38-62(90)74-34-58(86)78-54(66(95)96)26-42-30-70-50-14-6-2-10-46(42)50)21-23-84(40-64(92)76-36-60(88)80-56(68(99)100)28-44-32-72-52-16-8-4-12-48(44)52)24-22-83(20-18-81)39-63(91)75-35-59(87)79-55(67(97)98)27-43-31-71-51-15-7-3-11-47(43)51;/h1-16,29-32,53-56,69-72H,17-28,33-40H2,(H,73,89)(H,74,90)(H,75,91)(H,76,92)(H,77,85)(H,78,86)(H,79,87)(H,80,88)(H,93,94)(H,95,96)(H,97,98)(H,99,100);/q;+3/t53-,54-,55-,56-;/m0./s1. The van der Waals surface area contributed by atoms with Crippen LogP contribution in [0.3, 0.4) is 0 Å². The number of aromatic nitrogens is 4. The molecule has 4 aromatic heterocycles. The van der Waals surface area contributed by atoms with Crippen molar-refractivity contribution in [1.29, 1.82) is 0 Å². The van der Waals surface area contributed by atoms with E-state index >= 15 is 0 Å². The maximum Gasteiger partial charge on any atom is 3.00 e. The Morgan fingerprint density at radius 3 is 0.683 bits per heavy atom. The summed E-state index contributed by atoms with van der Waals surface area (Å²) in [4.78, 5) is 177. The second-order valence-corrected chi connectivity index (χ2v) is 24.3. The predicted octanol–water partition coefficient (Wildman–Crippen LogP) is -1.15. The Bertz CT molecular complexity index is 3730. The first-order valence-corrected chi connectivity index (χ1v) is 32.4. The Kier molecular flexibility index (Phi) is 28.5. The van der Waals surface area contributed by atoms with Crippen LogP contribution in [0.25, 0.3) is 43.6 Å². The number of hydrogen-bond donors (Lipinski definition) is 16. The molecule has 5 heterocycles. The second-order valence-electron chi connectivity index (χ2n) is 24.3. The van der Waals surface area contributed by atoms with Gasteiger partial charge < -0.3 is 82.9 Å². The molecule has 16 N–H and O–H groups in total. The molecule has 33 heteroatoms. The number of benzene rings is 4. The van der Waals surface area contributed by atoms with E-state index in [2.05, 4.69) is 62.5 Å². The molecule has 0 radical (unpaired) electrons. The zero-order chi connectivity index (χ0) is 71.2. The maximum atomic E-state index is 13.8. The fraction of sp³-hybridized carbons (Fsp3) is 0.353. The van der Waals surface area contributed by atoms with Gasteiger partial charge in [0, 0.05) is 146 Å². The minimum atomic E-state index is -1.36. The summed E-state index contributed by atoms with van der Waals surface area (Å²) in [5.74, 6) is -11.1. The number of carboxylic acids is 4. The Labute approximate surface area is 618 Å². The first-order chi connectivity index (χ1) is 48.1. The molecule has 9 rings (SSSR count). The summed E-state index contributed by atoms with van der Waals surface area (Å²) in [5, 5.41) is 63.5. The number of para-hydroxylation sites is 4. The van der Waals surface area contributed by atoms with Gasteiger partial charge in [0.05, 0.1) is 52.4 Å². The largest absolute Gasteiger partial charge is 3.00 e. The van der Waals surface area contributed by atoms with E-state index in [1.807, 2.05) is 72.8 Å². The molecule has 532 valence electrons. The Morgan fingerprint density at radius 2 is 0.495 bits per heavy atom. The third kappa shape index (κ3) is 23.1. The molecule has 1 fully saturated rings. The number of nitrogens with one attached hydrogen (secondary N) is 12. The number of hydrogen-bond acceptors (Lipinski definition) is 16. The number of rotatable bonds is 32. The molecule has 1 saturated heterocycles. The summed E-state index contributed by atoms with van der Waals surface area (Å²) < 4.78 is 0. The third-order valence-electron chi connectivity index (χ3n) is 17.1. The molecule has 32 nitrogen and oxygen atoms in total. The van der Waals surface area contributed by atoms with Crippen LogP contribution in [0.15, 0.2) is 122 Å². The summed E-state index contributed by atoms with van der Waals surface area (Å²) in [6, 6.07) is 23.5. The van der Waals surface area contributed by atoms with Gasteiger partial charge in [-0.25, -0.2) is 19.2 Å². The maximum absolute atomic E-state index is 13.8. The molecule has 101 heavy (non-hydrogen) atoms. The van der Waals surface area contributed by atoms with Crippen molar-refractivity contribution >= 4 is 115 Å². The molecule has 4 atom stereocenters. The number of carboxylic acid groups (broad SMARTS) is 4. The van der Waals surface area contributed by atoms with Gasteiger partial charge in [-0.3, -0.25) is 58.0 Å². The van der Waals surface area contributed by atoms with Crippen molar-refractivity contribution < 1.29 is 127 Å². The minimum Gasteiger partial charge on any atom is -0.480 e. The molecule has 0 spiro atoms. The van der Waals surface area contributed by atoms with Crippen molar-refractivity contribution in [2.24, 2.45) is 0 Å². The molecule has 0 aliphatic carbocycles. The van der Waals surface area contributed by atoms with Crippen molar-refractivity contribution in [3.8, 4) is 0 Å². The molecule has 8 amide bonds. The molecule has 0 saturated carbocycles. The van der Waals surface area contributed by atoms with E-state index in [9.17, 15) is 78.0 Å². The molecule has 0 bridgehead atoms. The van der Waals surface area contributed by atoms with Crippen LogP contribution in [-0.4, -0.2) is 260 Å². The fourth-order valence-electron chi connectivity index (χ4n) is 11.8. The quantitative estimate of drug-likeness (QED) is 0.0237. The summed E-state index contributed by atoms with van der Waals surface area (Å²) >= 11 is 0. The van der Waals surface area contributed by atoms with E-state index in [0.29, 0.717) is 22.3 Å². The van der Waals surface area contributed by atoms with Crippen molar-refractivity contribution in [3.05, 3.63) is 144 Å². The second kappa shape index (κ2) is 37.5. The zero-order valence-corrected chi connectivity index (χ0v) is 57.3. The zero-order valence-electron chi connectivity index (χ0n) is 54.9. The normalized spacial score (nSPS) is 14.7. The van der Waals surface area contributed by atoms with Gasteiger partial charge in [-0.05, 0) is 46.5 Å². The van der Waals surface area contributed by atoms with Crippen molar-refractivity contribution in [2.45, 2.75) is 49.9 Å². The van der Waals surface area contributed by atoms with E-state index in [4.69, 9.17) is 0 Å². The Balaban J connectivity index is 0.0000130. The number of aromatic amines is 4. The number of nitrogens with zero attached hydrogens (tertiary/aromatic N) is 4. The average Bonchev–Trinajstić information content (AvgIpc) is 1.71. The van der Waals surface area contributed by atoms with Gasteiger partial charge in [0.25, 0.3) is 0 Å². The number of fused-ring (bicyclic) bond motifs is 4. The van der Waals surface area contributed by atoms with Gasteiger partial charge in [0.15, 0.2) is 0 Å². The predicted molar refractivity (Wildman–Crippen MR) is 364 cm³/mol. The summed E-state index contributed by atoms with van der Waals surface area (Å²) in [5.41, 5.74) is 5.65. The van der Waals surface area contributed by atoms with Gasteiger partial charge in [-0.2, -0.15) is 0 Å². The Hall–Kier alpha value is -9.90. The molecule has 8 aromatic rings. The summed E-state index contributed by atoms with van der Waals surface area (Å²) in [6.45, 7) is -3.66. The van der Waals surface area contributed by atoms with Crippen molar-refractivity contribution in [2.75, 3.05) is 105 Å². The van der Waals surface area contributed by atoms with Gasteiger partial charge in [0.2, 0.25) is 47.3 Å². The number of carbonyl (C=O) groups is 12. The van der Waals surface area contributed by atoms with Gasteiger partial charge >= 0.3 is 73.3 Å². The molecule has 4 aromatic carbocycles. The van der Waals surface area contributed by atoms with E-state index in [1.54, 1.807) is 68.7 Å². The van der Waals surface area contributed by atoms with Crippen LogP contribution in [0.4, 0.5) is 0 Å². The molecule has 0 unspecified atom stereocenters. The van der Waals surface area contributed by atoms with E-state index in [0.717, 1.165) is 43.6 Å². The van der Waals surface area contributed by atoms with Gasteiger partial charge in [-0.1, -0.05) is 72.8 Å². The first-order valence-electron chi connectivity index (χ1n) is 32.4. The monoisotopic (exact) mass is 1530 g/mol. The summed E-state index contributed by atoms with van der Waals surface area (Å²) in [7, 11) is 0. The van der Waals surface area contributed by atoms with Gasteiger partial charge in [0.1, 0.15) is 24.2 Å². The molecule has 1 aliphatic heterocycles. The van der Waals surface area contributed by atoms with Gasteiger partial charge in [-0.15, -0.1) is 0 Å². The molecule has 1 aliphatic rings. The number of H-pyrrole nitrogens is 4. The van der Waals surface area contributed by atoms with Crippen LogP contribution < -0.4 is 42.5 Å². The third-order valence-corrected chi connectivity index (χ3v) is 17.1. The van der Waals surface area contributed by atoms with Crippen LogP contribution in [-0.2, 0) is 83.2 Å². The number of carbonyl (C=O) groups excluding carboxylic acids is 8. The topological polar surface area (TPSA) is 458 Å². The van der Waals surface area contributed by atoms with Crippen LogP contribution >= 0.6 is 0 Å². The molecular weight excluding hydrogens is 1450 g/mol. The van der Waals surface area contributed by atoms with E-state index in [1.165, 1.54) is 0 Å². The first kappa shape index (κ1) is 76.9. The SMILES string of the molecule is O=C(CN1CCN(CC(=O)NCC(=O)N[C@@H](Cc2c[nH]c3ccccc23)C(=O)O)CCN(CC(=O)NCC(=O)N[C@@H](Cc2c[nH]c3ccccc23)C(=O)O)CCN(CC(=O)NCC(=O)N[C@@H](Cc2c[nH]c3ccccc23)C(=O)O)CC1)NCC(=O)N[C@@H](Cc1c[nH]c2ccccc12)C(=O)O.[Eu+3]. The fourth-order valence-corrected chi connectivity index (χ4v) is 11.8. The Morgan fingerprint density at radius 1 is 0.307 bits per heavy atom. The van der Waals surface area contributed by atoms with Crippen LogP contribution in [0, 0.1) is 49.4 Å². The van der Waals surface area contributed by atoms with Crippen LogP contribution in [0.2, 0.25) is 0 Å².